The molecule has 146 valence electrons. The van der Waals surface area contributed by atoms with Crippen molar-refractivity contribution in [3.05, 3.63) is 65.2 Å². The number of amides is 1. The third-order valence-corrected chi connectivity index (χ3v) is 7.18. The summed E-state index contributed by atoms with van der Waals surface area (Å²) >= 11 is 0. The zero-order chi connectivity index (χ0) is 19.3. The van der Waals surface area contributed by atoms with Gasteiger partial charge in [0.2, 0.25) is 0 Å². The Labute approximate surface area is 167 Å². The summed E-state index contributed by atoms with van der Waals surface area (Å²) in [5.74, 6) is 3.32. The number of anilines is 1. The van der Waals surface area contributed by atoms with Crippen LogP contribution in [0.3, 0.4) is 0 Å². The molecule has 0 saturated heterocycles. The van der Waals surface area contributed by atoms with Crippen LogP contribution in [-0.4, -0.2) is 12.5 Å². The summed E-state index contributed by atoms with van der Waals surface area (Å²) in [6.07, 6.45) is 4.06. The maximum Gasteiger partial charge on any atom is 0.251 e. The molecule has 2 N–H and O–H groups in total. The lowest BCUT2D eigenvalue weighted by atomic mass is 9.68. The number of hydrogen-bond donors (Lipinski definition) is 2. The van der Waals surface area contributed by atoms with E-state index < -0.39 is 0 Å². The van der Waals surface area contributed by atoms with Crippen LogP contribution >= 0.6 is 0 Å². The number of hydrogen-bond acceptors (Lipinski definition) is 2. The topological polar surface area (TPSA) is 41.1 Å². The highest BCUT2D eigenvalue weighted by Crippen LogP contribution is 2.63. The van der Waals surface area contributed by atoms with Gasteiger partial charge < -0.3 is 10.6 Å². The molecule has 2 bridgehead atoms. The van der Waals surface area contributed by atoms with Gasteiger partial charge in [0.05, 0.1) is 6.04 Å². The highest BCUT2D eigenvalue weighted by atomic mass is 16.1. The molecule has 2 aliphatic carbocycles. The van der Waals surface area contributed by atoms with E-state index in [9.17, 15) is 4.79 Å². The van der Waals surface area contributed by atoms with Crippen LogP contribution in [0, 0.1) is 23.7 Å². The molecule has 28 heavy (non-hydrogen) atoms. The van der Waals surface area contributed by atoms with E-state index in [4.69, 9.17) is 0 Å². The Bertz CT molecular complexity index is 875. The molecule has 1 amide bonds. The van der Waals surface area contributed by atoms with Gasteiger partial charge in [-0.2, -0.15) is 0 Å². The number of carbonyl (C=O) groups is 1. The van der Waals surface area contributed by atoms with E-state index in [1.807, 2.05) is 6.07 Å². The highest BCUT2D eigenvalue weighted by Gasteiger charge is 2.53. The molecule has 3 aliphatic rings. The largest absolute Gasteiger partial charge is 0.378 e. The van der Waals surface area contributed by atoms with Gasteiger partial charge in [0.1, 0.15) is 0 Å². The fourth-order valence-corrected chi connectivity index (χ4v) is 6.02. The average Bonchev–Trinajstić information content (AvgIpc) is 3.34. The van der Waals surface area contributed by atoms with Gasteiger partial charge in [0.25, 0.3) is 5.91 Å². The molecule has 2 aromatic carbocycles. The van der Waals surface area contributed by atoms with E-state index in [2.05, 4.69) is 66.9 Å². The van der Waals surface area contributed by atoms with Crippen LogP contribution in [0.4, 0.5) is 5.69 Å². The molecule has 5 atom stereocenters. The minimum Gasteiger partial charge on any atom is -0.378 e. The SMILES string of the molecule is CC(C)CNC(=O)c1ccc2c(c1)[C@@H]1[C@H]3CC[C@@H](C3)[C@@H]1[C@@H](c1ccccc1)N2. The second kappa shape index (κ2) is 6.95. The van der Waals surface area contributed by atoms with Crippen molar-refractivity contribution in [1.29, 1.82) is 0 Å². The van der Waals surface area contributed by atoms with Crippen LogP contribution in [0.2, 0.25) is 0 Å². The Balaban J connectivity index is 1.50. The van der Waals surface area contributed by atoms with Gasteiger partial charge in [-0.25, -0.2) is 0 Å². The fourth-order valence-electron chi connectivity index (χ4n) is 6.02. The van der Waals surface area contributed by atoms with E-state index in [1.54, 1.807) is 0 Å². The third kappa shape index (κ3) is 2.92. The van der Waals surface area contributed by atoms with Crippen LogP contribution < -0.4 is 10.6 Å². The Morgan fingerprint density at radius 2 is 1.89 bits per heavy atom. The molecule has 0 unspecified atom stereocenters. The first kappa shape index (κ1) is 17.8. The first-order valence-corrected chi connectivity index (χ1v) is 10.9. The lowest BCUT2D eigenvalue weighted by Gasteiger charge is -2.43. The number of carbonyl (C=O) groups excluding carboxylic acids is 1. The molecule has 0 radical (unpaired) electrons. The van der Waals surface area contributed by atoms with E-state index in [1.165, 1.54) is 36.1 Å². The average molecular weight is 375 g/mol. The van der Waals surface area contributed by atoms with Crippen molar-refractivity contribution in [2.75, 3.05) is 11.9 Å². The van der Waals surface area contributed by atoms with Crippen molar-refractivity contribution in [2.24, 2.45) is 23.7 Å². The van der Waals surface area contributed by atoms with Gasteiger partial charge in [0, 0.05) is 17.8 Å². The number of nitrogens with one attached hydrogen (secondary N) is 2. The van der Waals surface area contributed by atoms with Crippen molar-refractivity contribution in [2.45, 2.75) is 45.1 Å². The lowest BCUT2D eigenvalue weighted by molar-refractivity contribution is 0.0948. The molecule has 2 fully saturated rings. The first-order chi connectivity index (χ1) is 13.6. The zero-order valence-electron chi connectivity index (χ0n) is 16.8. The molecule has 2 saturated carbocycles. The van der Waals surface area contributed by atoms with Crippen molar-refractivity contribution in [1.82, 2.24) is 5.32 Å². The molecule has 3 heteroatoms. The molecular formula is C25H30N2O. The Kier molecular flexibility index (Phi) is 4.41. The lowest BCUT2D eigenvalue weighted by Crippen LogP contribution is -2.36. The summed E-state index contributed by atoms with van der Waals surface area (Å²) in [5.41, 5.74) is 4.81. The Morgan fingerprint density at radius 3 is 2.68 bits per heavy atom. The maximum absolute atomic E-state index is 12.6. The molecule has 1 aliphatic heterocycles. The van der Waals surface area contributed by atoms with Crippen molar-refractivity contribution < 1.29 is 4.79 Å². The molecular weight excluding hydrogens is 344 g/mol. The van der Waals surface area contributed by atoms with Gasteiger partial charge in [-0.15, -0.1) is 0 Å². The quantitative estimate of drug-likeness (QED) is 0.755. The molecule has 3 nitrogen and oxygen atoms in total. The first-order valence-electron chi connectivity index (χ1n) is 10.9. The third-order valence-electron chi connectivity index (χ3n) is 7.18. The summed E-state index contributed by atoms with van der Waals surface area (Å²) in [7, 11) is 0. The predicted octanol–water partition coefficient (Wildman–Crippen LogP) is 5.37. The molecule has 5 rings (SSSR count). The normalized spacial score (nSPS) is 29.9. The van der Waals surface area contributed by atoms with E-state index in [0.29, 0.717) is 23.8 Å². The number of benzene rings is 2. The summed E-state index contributed by atoms with van der Waals surface area (Å²) in [6.45, 7) is 4.97. The van der Waals surface area contributed by atoms with E-state index >= 15 is 0 Å². The molecule has 0 spiro atoms. The smallest absolute Gasteiger partial charge is 0.251 e. The van der Waals surface area contributed by atoms with Crippen molar-refractivity contribution >= 4 is 11.6 Å². The monoisotopic (exact) mass is 374 g/mol. The van der Waals surface area contributed by atoms with Gasteiger partial charge in [-0.05, 0) is 78.2 Å². The molecule has 1 heterocycles. The van der Waals surface area contributed by atoms with E-state index in [0.717, 1.165) is 23.9 Å². The van der Waals surface area contributed by atoms with Crippen LogP contribution in [0.5, 0.6) is 0 Å². The second-order valence-electron chi connectivity index (χ2n) is 9.37. The Morgan fingerprint density at radius 1 is 1.11 bits per heavy atom. The highest BCUT2D eigenvalue weighted by molar-refractivity contribution is 5.95. The minimum absolute atomic E-state index is 0.0568. The van der Waals surface area contributed by atoms with Gasteiger partial charge >= 0.3 is 0 Å². The fraction of sp³-hybridized carbons (Fsp3) is 0.480. The van der Waals surface area contributed by atoms with Gasteiger partial charge in [-0.3, -0.25) is 4.79 Å². The Hall–Kier alpha value is -2.29. The second-order valence-corrected chi connectivity index (χ2v) is 9.37. The summed E-state index contributed by atoms with van der Waals surface area (Å²) in [4.78, 5) is 12.6. The molecule has 0 aromatic heterocycles. The standard InChI is InChI=1S/C25H30N2O/c1-15(2)14-26-25(28)19-10-11-21-20(13-19)22-17-8-9-18(12-17)23(22)24(27-21)16-6-4-3-5-7-16/h3-7,10-11,13,15,17-18,22-24,27H,8-9,12,14H2,1-2H3,(H,26,28)/t17-,18-,22-,23-,24+/m0/s1. The van der Waals surface area contributed by atoms with Crippen molar-refractivity contribution in [3.63, 3.8) is 0 Å². The minimum atomic E-state index is 0.0568. The van der Waals surface area contributed by atoms with Crippen LogP contribution in [0.25, 0.3) is 0 Å². The summed E-state index contributed by atoms with van der Waals surface area (Å²) in [5, 5.41) is 6.93. The van der Waals surface area contributed by atoms with Gasteiger partial charge in [-0.1, -0.05) is 44.2 Å². The number of rotatable bonds is 4. The maximum atomic E-state index is 12.6. The predicted molar refractivity (Wildman–Crippen MR) is 113 cm³/mol. The summed E-state index contributed by atoms with van der Waals surface area (Å²) in [6, 6.07) is 17.6. The zero-order valence-corrected chi connectivity index (χ0v) is 16.8. The summed E-state index contributed by atoms with van der Waals surface area (Å²) < 4.78 is 0. The van der Waals surface area contributed by atoms with Crippen molar-refractivity contribution in [3.8, 4) is 0 Å². The van der Waals surface area contributed by atoms with Crippen LogP contribution in [0.1, 0.15) is 66.6 Å². The van der Waals surface area contributed by atoms with Crippen LogP contribution in [0.15, 0.2) is 48.5 Å². The number of fused-ring (bicyclic) bond motifs is 7. The molecule has 2 aromatic rings. The van der Waals surface area contributed by atoms with Gasteiger partial charge in [0.15, 0.2) is 0 Å². The van der Waals surface area contributed by atoms with Crippen LogP contribution in [-0.2, 0) is 0 Å². The van der Waals surface area contributed by atoms with E-state index in [-0.39, 0.29) is 5.91 Å².